The molecule has 0 saturated heterocycles. The molecule has 0 unspecified atom stereocenters. The molecule has 108 valence electrons. The van der Waals surface area contributed by atoms with E-state index in [0.29, 0.717) is 19.0 Å². The van der Waals surface area contributed by atoms with Crippen LogP contribution in [0, 0.1) is 0 Å². The molecule has 3 N–H and O–H groups in total. The van der Waals surface area contributed by atoms with E-state index >= 15 is 0 Å². The third-order valence-corrected chi connectivity index (χ3v) is 3.83. The molecule has 1 rings (SSSR count). The van der Waals surface area contributed by atoms with Crippen LogP contribution in [0.2, 0.25) is 0 Å². The van der Waals surface area contributed by atoms with Gasteiger partial charge in [-0.3, -0.25) is 0 Å². The molecule has 0 aliphatic carbocycles. The number of nitrogens with one attached hydrogen (secondary N) is 1. The van der Waals surface area contributed by atoms with Crippen molar-refractivity contribution in [2.45, 2.75) is 37.7 Å². The van der Waals surface area contributed by atoms with Crippen LogP contribution < -0.4 is 10.5 Å². The van der Waals surface area contributed by atoms with Crippen LogP contribution in [0.25, 0.3) is 0 Å². The van der Waals surface area contributed by atoms with Gasteiger partial charge in [0.15, 0.2) is 0 Å². The average Bonchev–Trinajstić information content (AvgIpc) is 2.34. The minimum atomic E-state index is -3.49. The third kappa shape index (κ3) is 6.00. The minimum absolute atomic E-state index is 0.125. The molecule has 6 nitrogen and oxygen atoms in total. The van der Waals surface area contributed by atoms with E-state index in [0.717, 1.165) is 12.8 Å². The zero-order valence-corrected chi connectivity index (χ0v) is 12.1. The number of sulfonamides is 1. The van der Waals surface area contributed by atoms with Crippen LogP contribution in [-0.4, -0.2) is 32.7 Å². The van der Waals surface area contributed by atoms with E-state index in [1.165, 1.54) is 18.3 Å². The SMILES string of the molecule is CC(C)OCCCCNS(=O)(=O)c1ccc(N)nc1. The van der Waals surface area contributed by atoms with E-state index in [9.17, 15) is 8.42 Å². The lowest BCUT2D eigenvalue weighted by molar-refractivity contribution is 0.0762. The number of nitrogen functional groups attached to an aromatic ring is 1. The Morgan fingerprint density at radius 3 is 2.68 bits per heavy atom. The Labute approximate surface area is 114 Å². The van der Waals surface area contributed by atoms with Crippen LogP contribution >= 0.6 is 0 Å². The lowest BCUT2D eigenvalue weighted by Gasteiger charge is -2.08. The maximum atomic E-state index is 11.9. The number of hydrogen-bond donors (Lipinski definition) is 2. The van der Waals surface area contributed by atoms with Crippen molar-refractivity contribution in [1.82, 2.24) is 9.71 Å². The maximum absolute atomic E-state index is 11.9. The van der Waals surface area contributed by atoms with Gasteiger partial charge in [-0.1, -0.05) is 0 Å². The number of rotatable bonds is 8. The maximum Gasteiger partial charge on any atom is 0.242 e. The zero-order valence-electron chi connectivity index (χ0n) is 11.3. The quantitative estimate of drug-likeness (QED) is 0.699. The number of aromatic nitrogens is 1. The van der Waals surface area contributed by atoms with E-state index < -0.39 is 10.0 Å². The molecule has 0 spiro atoms. The van der Waals surface area contributed by atoms with Crippen LogP contribution in [0.5, 0.6) is 0 Å². The summed E-state index contributed by atoms with van der Waals surface area (Å²) in [5.74, 6) is 0.296. The first-order valence-corrected chi connectivity index (χ1v) is 7.73. The Balaban J connectivity index is 2.33. The van der Waals surface area contributed by atoms with Crippen molar-refractivity contribution >= 4 is 15.8 Å². The fourth-order valence-corrected chi connectivity index (χ4v) is 2.41. The van der Waals surface area contributed by atoms with Crippen molar-refractivity contribution in [3.63, 3.8) is 0 Å². The first-order valence-electron chi connectivity index (χ1n) is 6.24. The summed E-state index contributed by atoms with van der Waals surface area (Å²) in [6, 6.07) is 2.90. The molecule has 7 heteroatoms. The lowest BCUT2D eigenvalue weighted by Crippen LogP contribution is -2.25. The number of anilines is 1. The minimum Gasteiger partial charge on any atom is -0.384 e. The van der Waals surface area contributed by atoms with Crippen molar-refractivity contribution in [3.8, 4) is 0 Å². The average molecular weight is 287 g/mol. The fraction of sp³-hybridized carbons (Fsp3) is 0.583. The van der Waals surface area contributed by atoms with Gasteiger partial charge in [-0.2, -0.15) is 0 Å². The Morgan fingerprint density at radius 2 is 2.11 bits per heavy atom. The van der Waals surface area contributed by atoms with Gasteiger partial charge >= 0.3 is 0 Å². The first kappa shape index (κ1) is 15.9. The molecule has 0 aliphatic heterocycles. The highest BCUT2D eigenvalue weighted by atomic mass is 32.2. The normalized spacial score (nSPS) is 11.9. The van der Waals surface area contributed by atoms with E-state index in [1.807, 2.05) is 13.8 Å². The highest BCUT2D eigenvalue weighted by Gasteiger charge is 2.13. The summed E-state index contributed by atoms with van der Waals surface area (Å²) in [6.45, 7) is 4.96. The van der Waals surface area contributed by atoms with Gasteiger partial charge in [-0.05, 0) is 38.8 Å². The number of ether oxygens (including phenoxy) is 1. The van der Waals surface area contributed by atoms with Crippen molar-refractivity contribution in [2.75, 3.05) is 18.9 Å². The summed E-state index contributed by atoms with van der Waals surface area (Å²) >= 11 is 0. The number of unbranched alkanes of at least 4 members (excludes halogenated alkanes) is 1. The summed E-state index contributed by atoms with van der Waals surface area (Å²) in [4.78, 5) is 3.89. The van der Waals surface area contributed by atoms with Crippen LogP contribution in [-0.2, 0) is 14.8 Å². The van der Waals surface area contributed by atoms with E-state index in [4.69, 9.17) is 10.5 Å². The molecular formula is C12H21N3O3S. The molecule has 0 aliphatic rings. The van der Waals surface area contributed by atoms with Gasteiger partial charge < -0.3 is 10.5 Å². The number of nitrogens with zero attached hydrogens (tertiary/aromatic N) is 1. The fourth-order valence-electron chi connectivity index (χ4n) is 1.39. The molecule has 1 aromatic rings. The monoisotopic (exact) mass is 287 g/mol. The topological polar surface area (TPSA) is 94.3 Å². The van der Waals surface area contributed by atoms with Gasteiger partial charge in [0.05, 0.1) is 6.10 Å². The van der Waals surface area contributed by atoms with Gasteiger partial charge in [0, 0.05) is 19.3 Å². The molecule has 1 aromatic heterocycles. The van der Waals surface area contributed by atoms with Gasteiger partial charge in [-0.25, -0.2) is 18.1 Å². The van der Waals surface area contributed by atoms with Gasteiger partial charge in [0.25, 0.3) is 0 Å². The summed E-state index contributed by atoms with van der Waals surface area (Å²) < 4.78 is 31.6. The standard InChI is InChI=1S/C12H21N3O3S/c1-10(2)18-8-4-3-7-15-19(16,17)11-5-6-12(13)14-9-11/h5-6,9-10,15H,3-4,7-8H2,1-2H3,(H2,13,14). The Hall–Kier alpha value is -1.18. The zero-order chi connectivity index (χ0) is 14.3. The highest BCUT2D eigenvalue weighted by Crippen LogP contribution is 2.08. The summed E-state index contributed by atoms with van der Waals surface area (Å²) in [6.07, 6.45) is 3.01. The summed E-state index contributed by atoms with van der Waals surface area (Å²) in [5.41, 5.74) is 5.41. The van der Waals surface area contributed by atoms with Gasteiger partial charge in [0.2, 0.25) is 10.0 Å². The molecule has 0 bridgehead atoms. The van der Waals surface area contributed by atoms with E-state index in [2.05, 4.69) is 9.71 Å². The molecule has 0 amide bonds. The molecule has 0 atom stereocenters. The molecule has 0 fully saturated rings. The largest absolute Gasteiger partial charge is 0.384 e. The second-order valence-corrected chi connectivity index (χ2v) is 6.21. The summed E-state index contributed by atoms with van der Waals surface area (Å²) in [5, 5.41) is 0. The van der Waals surface area contributed by atoms with Gasteiger partial charge in [0.1, 0.15) is 10.7 Å². The van der Waals surface area contributed by atoms with Crippen molar-refractivity contribution < 1.29 is 13.2 Å². The molecule has 0 aromatic carbocycles. The van der Waals surface area contributed by atoms with Crippen LogP contribution in [0.15, 0.2) is 23.2 Å². The van der Waals surface area contributed by atoms with Crippen LogP contribution in [0.3, 0.4) is 0 Å². The molecule has 0 saturated carbocycles. The highest BCUT2D eigenvalue weighted by molar-refractivity contribution is 7.89. The number of hydrogen-bond acceptors (Lipinski definition) is 5. The van der Waals surface area contributed by atoms with Crippen LogP contribution in [0.4, 0.5) is 5.82 Å². The first-order chi connectivity index (χ1) is 8.92. The Morgan fingerprint density at radius 1 is 1.37 bits per heavy atom. The smallest absolute Gasteiger partial charge is 0.242 e. The summed E-state index contributed by atoms with van der Waals surface area (Å²) in [7, 11) is -3.49. The molecule has 0 radical (unpaired) electrons. The Bertz CT molecular complexity index is 471. The molecule has 1 heterocycles. The second kappa shape index (κ2) is 7.42. The van der Waals surface area contributed by atoms with Crippen molar-refractivity contribution in [3.05, 3.63) is 18.3 Å². The van der Waals surface area contributed by atoms with E-state index in [-0.39, 0.29) is 11.0 Å². The number of pyridine rings is 1. The molecule has 19 heavy (non-hydrogen) atoms. The second-order valence-electron chi connectivity index (χ2n) is 4.44. The van der Waals surface area contributed by atoms with Gasteiger partial charge in [-0.15, -0.1) is 0 Å². The Kier molecular flexibility index (Phi) is 6.20. The number of nitrogens with two attached hydrogens (primary N) is 1. The lowest BCUT2D eigenvalue weighted by atomic mass is 10.3. The predicted molar refractivity (Wildman–Crippen MR) is 74.2 cm³/mol. The van der Waals surface area contributed by atoms with Crippen molar-refractivity contribution in [2.24, 2.45) is 0 Å². The van der Waals surface area contributed by atoms with Crippen molar-refractivity contribution in [1.29, 1.82) is 0 Å². The predicted octanol–water partition coefficient (Wildman–Crippen LogP) is 1.15. The third-order valence-electron chi connectivity index (χ3n) is 2.38. The molecular weight excluding hydrogens is 266 g/mol. The van der Waals surface area contributed by atoms with E-state index in [1.54, 1.807) is 0 Å². The van der Waals surface area contributed by atoms with Crippen LogP contribution in [0.1, 0.15) is 26.7 Å².